The third-order valence-electron chi connectivity index (χ3n) is 8.73. The predicted molar refractivity (Wildman–Crippen MR) is 156 cm³/mol. The summed E-state index contributed by atoms with van der Waals surface area (Å²) in [4.78, 5) is 11.8. The number of halogens is 3. The lowest BCUT2D eigenvalue weighted by atomic mass is 9.82. The number of hydrogen-bond donors (Lipinski definition) is 2. The van der Waals surface area contributed by atoms with Gasteiger partial charge in [-0.25, -0.2) is 23.1 Å². The molecule has 0 amide bonds. The van der Waals surface area contributed by atoms with Crippen LogP contribution in [0.3, 0.4) is 0 Å². The van der Waals surface area contributed by atoms with Crippen LogP contribution < -0.4 is 10.2 Å². The number of benzene rings is 2. The number of methoxy groups -OCH3 is 1. The Hall–Kier alpha value is -2.91. The van der Waals surface area contributed by atoms with E-state index in [0.717, 1.165) is 35.9 Å². The standard InChI is InChI=1S/C32H41F3N4O2/c1-19(21-9-8-12-25(27(21)33)32(34,35)30(3,4)5)36-29-24-17-26(39-15-13-31(40,14-16-39)18-41-6)22-10-7-11-23(22)28(24)37-20(2)38-29/h8-9,12,17,19,40H,7,10-11,13-16,18H2,1-6H3,(H,36,37,38)/t19-/m1/s1. The van der Waals surface area contributed by atoms with Crippen LogP contribution in [0.4, 0.5) is 24.7 Å². The Balaban J connectivity index is 1.53. The van der Waals surface area contributed by atoms with Gasteiger partial charge in [0.1, 0.15) is 17.5 Å². The van der Waals surface area contributed by atoms with Crippen LogP contribution in [0.1, 0.15) is 81.1 Å². The summed E-state index contributed by atoms with van der Waals surface area (Å²) in [5, 5.41) is 15.0. The highest BCUT2D eigenvalue weighted by atomic mass is 19.3. The molecule has 0 unspecified atom stereocenters. The number of aromatic nitrogens is 2. The van der Waals surface area contributed by atoms with E-state index in [9.17, 15) is 5.11 Å². The Morgan fingerprint density at radius 3 is 2.46 bits per heavy atom. The first-order valence-corrected chi connectivity index (χ1v) is 14.5. The van der Waals surface area contributed by atoms with E-state index in [1.807, 2.05) is 6.92 Å². The van der Waals surface area contributed by atoms with E-state index in [2.05, 4.69) is 16.3 Å². The highest BCUT2D eigenvalue weighted by Crippen LogP contribution is 2.46. The molecule has 41 heavy (non-hydrogen) atoms. The number of aliphatic hydroxyl groups is 1. The monoisotopic (exact) mass is 570 g/mol. The molecule has 0 saturated carbocycles. The fraction of sp³-hybridized carbons (Fsp3) is 0.562. The highest BCUT2D eigenvalue weighted by Gasteiger charge is 2.47. The Labute approximate surface area is 240 Å². The molecule has 0 spiro atoms. The average molecular weight is 571 g/mol. The van der Waals surface area contributed by atoms with Crippen LogP contribution in [0, 0.1) is 18.2 Å². The summed E-state index contributed by atoms with van der Waals surface area (Å²) in [6.45, 7) is 9.53. The number of anilines is 2. The predicted octanol–water partition coefficient (Wildman–Crippen LogP) is 6.85. The molecule has 1 aliphatic carbocycles. The number of alkyl halides is 2. The second kappa shape index (κ2) is 10.7. The number of ether oxygens (including phenoxy) is 1. The van der Waals surface area contributed by atoms with Crippen molar-refractivity contribution in [3.05, 3.63) is 58.2 Å². The molecule has 0 radical (unpaired) electrons. The molecule has 0 bridgehead atoms. The molecule has 6 nitrogen and oxygen atoms in total. The minimum Gasteiger partial charge on any atom is -0.387 e. The minimum absolute atomic E-state index is 0.158. The summed E-state index contributed by atoms with van der Waals surface area (Å²) >= 11 is 0. The van der Waals surface area contributed by atoms with Crippen molar-refractivity contribution >= 4 is 22.4 Å². The van der Waals surface area contributed by atoms with Crippen LogP contribution in [0.15, 0.2) is 24.3 Å². The van der Waals surface area contributed by atoms with Gasteiger partial charge in [-0.2, -0.15) is 0 Å². The first-order chi connectivity index (χ1) is 19.3. The van der Waals surface area contributed by atoms with E-state index in [1.54, 1.807) is 20.1 Å². The number of fused-ring (bicyclic) bond motifs is 3. The van der Waals surface area contributed by atoms with Crippen molar-refractivity contribution in [3.63, 3.8) is 0 Å². The molecule has 222 valence electrons. The Kier molecular flexibility index (Phi) is 7.74. The van der Waals surface area contributed by atoms with Gasteiger partial charge in [-0.3, -0.25) is 0 Å². The molecule has 2 N–H and O–H groups in total. The zero-order chi connectivity index (χ0) is 29.7. The summed E-state index contributed by atoms with van der Waals surface area (Å²) < 4.78 is 51.3. The lowest BCUT2D eigenvalue weighted by molar-refractivity contribution is -0.107. The Bertz CT molecular complexity index is 1450. The molecule has 1 fully saturated rings. The maximum absolute atomic E-state index is 15.7. The smallest absolute Gasteiger partial charge is 0.280 e. The summed E-state index contributed by atoms with van der Waals surface area (Å²) in [6, 6.07) is 5.68. The lowest BCUT2D eigenvalue weighted by Gasteiger charge is -2.39. The van der Waals surface area contributed by atoms with Gasteiger partial charge >= 0.3 is 0 Å². The topological polar surface area (TPSA) is 70.5 Å². The molecule has 5 rings (SSSR count). The summed E-state index contributed by atoms with van der Waals surface area (Å²) in [5.41, 5.74) is 1.79. The molecule has 1 saturated heterocycles. The third-order valence-corrected chi connectivity index (χ3v) is 8.73. The van der Waals surface area contributed by atoms with Gasteiger partial charge < -0.3 is 20.1 Å². The summed E-state index contributed by atoms with van der Waals surface area (Å²) in [5.74, 6) is -3.10. The number of aryl methyl sites for hydroxylation is 2. The van der Waals surface area contributed by atoms with Crippen LogP contribution >= 0.6 is 0 Å². The van der Waals surface area contributed by atoms with Crippen molar-refractivity contribution in [2.75, 3.05) is 37.0 Å². The van der Waals surface area contributed by atoms with Gasteiger partial charge in [0.25, 0.3) is 5.92 Å². The van der Waals surface area contributed by atoms with Crippen LogP contribution in [0.25, 0.3) is 10.9 Å². The van der Waals surface area contributed by atoms with E-state index >= 15 is 13.2 Å². The average Bonchev–Trinajstić information content (AvgIpc) is 3.39. The zero-order valence-electron chi connectivity index (χ0n) is 24.9. The first-order valence-electron chi connectivity index (χ1n) is 14.5. The molecular formula is C32H41F3N4O2. The SMILES string of the molecule is COCC1(O)CCN(c2cc3c(N[C@H](C)c4cccc(C(F)(F)C(C)(C)C)c4F)nc(C)nc3c3c2CCC3)CC1. The van der Waals surface area contributed by atoms with Crippen molar-refractivity contribution in [2.24, 2.45) is 5.41 Å². The van der Waals surface area contributed by atoms with Crippen molar-refractivity contribution in [1.29, 1.82) is 0 Å². The number of rotatable bonds is 7. The van der Waals surface area contributed by atoms with E-state index in [4.69, 9.17) is 14.7 Å². The van der Waals surface area contributed by atoms with E-state index < -0.39 is 34.4 Å². The highest BCUT2D eigenvalue weighted by molar-refractivity contribution is 5.96. The van der Waals surface area contributed by atoms with Gasteiger partial charge in [-0.15, -0.1) is 0 Å². The summed E-state index contributed by atoms with van der Waals surface area (Å²) in [7, 11) is 1.61. The van der Waals surface area contributed by atoms with Gasteiger partial charge in [0.05, 0.1) is 29.3 Å². The third kappa shape index (κ3) is 5.39. The zero-order valence-corrected chi connectivity index (χ0v) is 24.9. The van der Waals surface area contributed by atoms with E-state index in [0.29, 0.717) is 44.2 Å². The fourth-order valence-corrected chi connectivity index (χ4v) is 6.24. The number of nitrogens with one attached hydrogen (secondary N) is 1. The minimum atomic E-state index is -3.34. The van der Waals surface area contributed by atoms with Gasteiger partial charge in [0.15, 0.2) is 0 Å². The molecule has 2 heterocycles. The van der Waals surface area contributed by atoms with Crippen molar-refractivity contribution in [1.82, 2.24) is 9.97 Å². The molecular weight excluding hydrogens is 529 g/mol. The normalized spacial score (nSPS) is 18.0. The second-order valence-electron chi connectivity index (χ2n) is 12.8. The van der Waals surface area contributed by atoms with Gasteiger partial charge in [0, 0.05) is 42.3 Å². The van der Waals surface area contributed by atoms with Gasteiger partial charge in [-0.1, -0.05) is 39.0 Å². The quantitative estimate of drug-likeness (QED) is 0.324. The van der Waals surface area contributed by atoms with Gasteiger partial charge in [0.2, 0.25) is 0 Å². The number of piperidine rings is 1. The van der Waals surface area contributed by atoms with Crippen LogP contribution in [0.2, 0.25) is 0 Å². The Morgan fingerprint density at radius 2 is 1.80 bits per heavy atom. The van der Waals surface area contributed by atoms with Crippen molar-refractivity contribution < 1.29 is 23.0 Å². The summed E-state index contributed by atoms with van der Waals surface area (Å²) in [6.07, 6.45) is 4.11. The molecule has 1 atom stereocenters. The van der Waals surface area contributed by atoms with Crippen LogP contribution in [0.5, 0.6) is 0 Å². The second-order valence-corrected chi connectivity index (χ2v) is 12.8. The molecule has 2 aromatic carbocycles. The van der Waals surface area contributed by atoms with Gasteiger partial charge in [-0.05, 0) is 63.1 Å². The number of hydrogen-bond acceptors (Lipinski definition) is 6. The molecule has 1 aliphatic heterocycles. The lowest BCUT2D eigenvalue weighted by Crippen LogP contribution is -2.47. The molecule has 9 heteroatoms. The molecule has 3 aromatic rings. The van der Waals surface area contributed by atoms with Crippen LogP contribution in [-0.4, -0.2) is 47.5 Å². The van der Waals surface area contributed by atoms with E-state index in [1.165, 1.54) is 44.0 Å². The molecule has 2 aliphatic rings. The maximum Gasteiger partial charge on any atom is 0.280 e. The number of nitrogens with zero attached hydrogens (tertiary/aromatic N) is 3. The molecule has 1 aromatic heterocycles. The fourth-order valence-electron chi connectivity index (χ4n) is 6.24. The first kappa shape index (κ1) is 29.6. The maximum atomic E-state index is 15.7. The van der Waals surface area contributed by atoms with Crippen molar-refractivity contribution in [2.45, 2.75) is 84.3 Å². The van der Waals surface area contributed by atoms with E-state index in [-0.39, 0.29) is 5.56 Å². The Morgan fingerprint density at radius 1 is 1.12 bits per heavy atom. The van der Waals surface area contributed by atoms with Crippen LogP contribution in [-0.2, 0) is 23.5 Å². The largest absolute Gasteiger partial charge is 0.387 e. The van der Waals surface area contributed by atoms with Crippen molar-refractivity contribution in [3.8, 4) is 0 Å².